The number of hydrogen-bond donors (Lipinski definition) is 0. The minimum Gasteiger partial charge on any atom is -0.307 e. The van der Waals surface area contributed by atoms with Crippen LogP contribution >= 0.6 is 0 Å². The van der Waals surface area contributed by atoms with Gasteiger partial charge in [-0.3, -0.25) is 9.55 Å². The summed E-state index contributed by atoms with van der Waals surface area (Å²) in [6.45, 7) is 0. The molecule has 0 N–H and O–H groups in total. The van der Waals surface area contributed by atoms with Crippen LogP contribution in [0, 0.1) is 0 Å². The van der Waals surface area contributed by atoms with E-state index in [0.717, 1.165) is 9.13 Å². The molecular formula is C39H25N5. The summed E-state index contributed by atoms with van der Waals surface area (Å²) in [7, 11) is 0. The van der Waals surface area contributed by atoms with Crippen molar-refractivity contribution in [3.8, 4) is 34.2 Å². The number of fused-ring (bicyclic) bond motifs is 6. The molecular weight excluding hydrogens is 538 g/mol. The van der Waals surface area contributed by atoms with E-state index < -0.39 is 189 Å². The molecule has 206 valence electrons. The van der Waals surface area contributed by atoms with Crippen LogP contribution in [0.5, 0.6) is 0 Å². The minimum absolute atomic E-state index is 0.00757. The molecule has 4 aromatic heterocycles. The van der Waals surface area contributed by atoms with E-state index in [1.807, 2.05) is 0 Å². The zero-order valence-corrected chi connectivity index (χ0v) is 22.0. The number of pyridine rings is 1. The summed E-state index contributed by atoms with van der Waals surface area (Å²) in [4.78, 5) is 13.2. The molecule has 0 amide bonds. The van der Waals surface area contributed by atoms with Crippen molar-refractivity contribution in [1.82, 2.24) is 24.1 Å². The second-order valence-electron chi connectivity index (χ2n) is 9.30. The minimum atomic E-state index is -0.936. The predicted octanol–water partition coefficient (Wildman–Crippen LogP) is 9.40. The average Bonchev–Trinajstić information content (AvgIpc) is 3.84. The van der Waals surface area contributed by atoms with Crippen LogP contribution in [-0.2, 0) is 0 Å². The fourth-order valence-corrected chi connectivity index (χ4v) is 5.16. The van der Waals surface area contributed by atoms with E-state index >= 15 is 0 Å². The van der Waals surface area contributed by atoms with E-state index in [-0.39, 0.29) is 21.8 Å². The predicted molar refractivity (Wildman–Crippen MR) is 179 cm³/mol. The molecule has 44 heavy (non-hydrogen) atoms. The molecule has 9 rings (SSSR count). The summed E-state index contributed by atoms with van der Waals surface area (Å²) in [6, 6.07) is -16.3. The molecule has 0 unspecified atom stereocenters. The van der Waals surface area contributed by atoms with Crippen molar-refractivity contribution in [2.45, 2.75) is 0 Å². The van der Waals surface area contributed by atoms with Crippen LogP contribution in [0.2, 0.25) is 0 Å². The second-order valence-corrected chi connectivity index (χ2v) is 9.30. The molecule has 0 aliphatic rings. The molecule has 4 heterocycles. The molecule has 5 aromatic carbocycles. The van der Waals surface area contributed by atoms with E-state index in [9.17, 15) is 4.11 Å². The normalized spacial score (nSPS) is 18.6. The van der Waals surface area contributed by atoms with E-state index in [1.165, 1.54) is 18.5 Å². The van der Waals surface area contributed by atoms with E-state index in [4.69, 9.17) is 26.0 Å². The zero-order chi connectivity index (χ0) is 48.2. The second kappa shape index (κ2) is 9.75. The maximum atomic E-state index is 9.70. The van der Waals surface area contributed by atoms with E-state index in [0.29, 0.717) is 0 Å². The molecule has 0 atom stereocenters. The van der Waals surface area contributed by atoms with Gasteiger partial charge in [-0.25, -0.2) is 9.97 Å². The lowest BCUT2D eigenvalue weighted by molar-refractivity contribution is 0.994. The Morgan fingerprint density at radius 1 is 0.500 bits per heavy atom. The Morgan fingerprint density at radius 3 is 1.80 bits per heavy atom. The number of benzene rings is 5. The highest BCUT2D eigenvalue weighted by Gasteiger charge is 2.20. The molecule has 5 nitrogen and oxygen atoms in total. The summed E-state index contributed by atoms with van der Waals surface area (Å²) in [5.41, 5.74) is -4.94. The van der Waals surface area contributed by atoms with Crippen molar-refractivity contribution in [3.63, 3.8) is 0 Å². The first-order chi connectivity index (χ1) is 31.0. The Morgan fingerprint density at radius 2 is 1.07 bits per heavy atom. The summed E-state index contributed by atoms with van der Waals surface area (Å²) >= 11 is 0. The fourth-order valence-electron chi connectivity index (χ4n) is 5.16. The van der Waals surface area contributed by atoms with Gasteiger partial charge in [-0.05, 0) is 36.3 Å². The van der Waals surface area contributed by atoms with Gasteiger partial charge in [0.05, 0.1) is 75.5 Å². The lowest BCUT2D eigenvalue weighted by atomic mass is 10.1. The average molecular weight is 586 g/mol. The molecule has 0 aliphatic heterocycles. The molecule has 0 fully saturated rings. The van der Waals surface area contributed by atoms with Crippen molar-refractivity contribution in [2.75, 3.05) is 0 Å². The lowest BCUT2D eigenvalue weighted by Gasteiger charge is -2.16. The molecule has 0 bridgehead atoms. The van der Waals surface area contributed by atoms with Crippen LogP contribution in [0.25, 0.3) is 77.8 Å². The van der Waals surface area contributed by atoms with Crippen molar-refractivity contribution in [2.24, 2.45) is 0 Å². The van der Waals surface area contributed by atoms with Crippen LogP contribution in [0.4, 0.5) is 0 Å². The standard InChI is InChI=1S/C39H25N5/c1-2-12-26(13-3-1)32-24-33(42-39(41-32)44-35-19-9-5-14-27(35)28-15-6-10-20-36(28)44)31-17-7-11-21-37(31)43-34-18-8-4-16-29(34)30-22-23-40-25-38(30)43/h1-25H/i1D,2D,3D,4D,5D,6D,7D,8D,9D,10D,11D,12D,13D,14D,15D,16D,17D,18D,19D,20D,21D,24D. The third kappa shape index (κ3) is 3.69. The fraction of sp³-hybridized carbons (Fsp3) is 0. The number of nitrogens with zero attached hydrogens (tertiary/aromatic N) is 5. The highest BCUT2D eigenvalue weighted by atomic mass is 15.2. The highest BCUT2D eigenvalue weighted by molar-refractivity contribution is 6.10. The van der Waals surface area contributed by atoms with Crippen LogP contribution in [-0.4, -0.2) is 24.1 Å². The molecule has 5 heteroatoms. The van der Waals surface area contributed by atoms with Gasteiger partial charge < -0.3 is 4.57 Å². The zero-order valence-electron chi connectivity index (χ0n) is 44.0. The van der Waals surface area contributed by atoms with Crippen molar-refractivity contribution in [3.05, 3.63) is 151 Å². The van der Waals surface area contributed by atoms with E-state index in [2.05, 4.69) is 15.0 Å². The number of para-hydroxylation sites is 4. The van der Waals surface area contributed by atoms with Gasteiger partial charge in [-0.2, -0.15) is 0 Å². The van der Waals surface area contributed by atoms with Gasteiger partial charge in [0.1, 0.15) is 0 Å². The van der Waals surface area contributed by atoms with Crippen LogP contribution in [0.15, 0.2) is 151 Å². The topological polar surface area (TPSA) is 48.5 Å². The Bertz CT molecular complexity index is 3640. The Kier molecular flexibility index (Phi) is 2.48. The van der Waals surface area contributed by atoms with E-state index in [1.54, 1.807) is 0 Å². The highest BCUT2D eigenvalue weighted by Crippen LogP contribution is 2.37. The summed E-state index contributed by atoms with van der Waals surface area (Å²) < 4.78 is 196. The van der Waals surface area contributed by atoms with Gasteiger partial charge in [-0.1, -0.05) is 103 Å². The summed E-state index contributed by atoms with van der Waals surface area (Å²) in [6.07, 6.45) is 2.56. The van der Waals surface area contributed by atoms with Gasteiger partial charge in [0, 0.05) is 38.9 Å². The molecule has 0 saturated carbocycles. The largest absolute Gasteiger partial charge is 0.307 e. The van der Waals surface area contributed by atoms with Gasteiger partial charge in [0.25, 0.3) is 0 Å². The first kappa shape index (κ1) is 11.2. The van der Waals surface area contributed by atoms with Crippen LogP contribution in [0.1, 0.15) is 30.2 Å². The first-order valence-electron chi connectivity index (χ1n) is 23.9. The number of aromatic nitrogens is 5. The monoisotopic (exact) mass is 585 g/mol. The third-order valence-corrected chi connectivity index (χ3v) is 6.96. The van der Waals surface area contributed by atoms with Crippen molar-refractivity contribution >= 4 is 43.6 Å². The SMILES string of the molecule is [2H]c1c(-c2c([2H])c([2H])c([2H])c([2H])c2[2H])nc(-n2c3c([2H])c([2H])c([2H])c([2H])c3c3c([2H])c([2H])c([2H])c([2H])c32)nc1-c1c([2H])c([2H])c([2H])c([2H])c1-n1c2cnccc2c2c([2H])c([2H])c([2H])c([2H])c21. The molecule has 0 saturated heterocycles. The summed E-state index contributed by atoms with van der Waals surface area (Å²) in [5, 5.41) is -0.781. The maximum absolute atomic E-state index is 9.70. The van der Waals surface area contributed by atoms with Gasteiger partial charge in [-0.15, -0.1) is 0 Å². The third-order valence-electron chi connectivity index (χ3n) is 6.96. The van der Waals surface area contributed by atoms with Crippen molar-refractivity contribution < 1.29 is 30.2 Å². The quantitative estimate of drug-likeness (QED) is 0.207. The lowest BCUT2D eigenvalue weighted by Crippen LogP contribution is -2.05. The Hall–Kier alpha value is -6.07. The maximum Gasteiger partial charge on any atom is 0.235 e. The van der Waals surface area contributed by atoms with Crippen LogP contribution < -0.4 is 0 Å². The molecule has 0 aliphatic carbocycles. The van der Waals surface area contributed by atoms with Gasteiger partial charge in [0.15, 0.2) is 0 Å². The molecule has 0 spiro atoms. The number of hydrogen-bond acceptors (Lipinski definition) is 3. The Labute approximate surface area is 284 Å². The van der Waals surface area contributed by atoms with Crippen molar-refractivity contribution in [1.29, 1.82) is 0 Å². The summed E-state index contributed by atoms with van der Waals surface area (Å²) in [5.74, 6) is -0.818. The molecule has 9 aromatic rings. The smallest absolute Gasteiger partial charge is 0.235 e. The first-order valence-corrected chi connectivity index (χ1v) is 12.9. The van der Waals surface area contributed by atoms with Gasteiger partial charge in [0.2, 0.25) is 5.95 Å². The Balaban J connectivity index is 1.59. The van der Waals surface area contributed by atoms with Gasteiger partial charge >= 0.3 is 0 Å². The van der Waals surface area contributed by atoms with Crippen LogP contribution in [0.3, 0.4) is 0 Å². The molecule has 0 radical (unpaired) electrons. The number of rotatable bonds is 4.